The minimum Gasteiger partial charge on any atom is -0.457 e. The molecule has 0 aromatic heterocycles. The molecule has 0 spiro atoms. The van der Waals surface area contributed by atoms with Gasteiger partial charge in [-0.1, -0.05) is 12.1 Å². The van der Waals surface area contributed by atoms with Crippen LogP contribution in [0.15, 0.2) is 36.4 Å². The first-order chi connectivity index (χ1) is 15.3. The highest BCUT2D eigenvalue weighted by Gasteiger charge is 2.46. The normalized spacial score (nSPS) is 15.2. The van der Waals surface area contributed by atoms with Crippen molar-refractivity contribution in [2.75, 3.05) is 19.4 Å². The van der Waals surface area contributed by atoms with Crippen LogP contribution in [-0.4, -0.2) is 47.6 Å². The molecule has 33 heavy (non-hydrogen) atoms. The number of halogens is 3. The molecule has 0 saturated carbocycles. The van der Waals surface area contributed by atoms with E-state index in [2.05, 4.69) is 5.32 Å². The van der Waals surface area contributed by atoms with Gasteiger partial charge in [0, 0.05) is 19.8 Å². The first kappa shape index (κ1) is 23.8. The predicted octanol–water partition coefficient (Wildman–Crippen LogP) is 3.72. The van der Waals surface area contributed by atoms with E-state index in [9.17, 15) is 32.3 Å². The first-order valence-corrected chi connectivity index (χ1v) is 9.68. The number of carbonyl (C=O) groups excluding carboxylic acids is 4. The number of anilines is 1. The SMILES string of the molecule is Cc1cc(Oc2ccccc2C(F)(F)F)cc(C)c1NC(=O)C1C(=O)N(C)C(=O)N(C)C1=O. The molecule has 0 unspecified atom stereocenters. The third-order valence-electron chi connectivity index (χ3n) is 5.17. The van der Waals surface area contributed by atoms with Crippen molar-refractivity contribution in [3.63, 3.8) is 0 Å². The highest BCUT2D eigenvalue weighted by Crippen LogP contribution is 2.39. The van der Waals surface area contributed by atoms with E-state index in [1.165, 1.54) is 30.3 Å². The lowest BCUT2D eigenvalue weighted by Crippen LogP contribution is -2.59. The van der Waals surface area contributed by atoms with Crippen molar-refractivity contribution >= 4 is 29.4 Å². The van der Waals surface area contributed by atoms with E-state index >= 15 is 0 Å². The van der Waals surface area contributed by atoms with Crippen LogP contribution in [0.1, 0.15) is 16.7 Å². The van der Waals surface area contributed by atoms with Crippen LogP contribution in [0.25, 0.3) is 0 Å². The molecule has 1 N–H and O–H groups in total. The van der Waals surface area contributed by atoms with Crippen molar-refractivity contribution in [3.05, 3.63) is 53.1 Å². The monoisotopic (exact) mass is 463 g/mol. The molecule has 1 saturated heterocycles. The second-order valence-electron chi connectivity index (χ2n) is 7.53. The molecule has 0 bridgehead atoms. The average molecular weight is 463 g/mol. The average Bonchev–Trinajstić information content (AvgIpc) is 2.73. The summed E-state index contributed by atoms with van der Waals surface area (Å²) >= 11 is 0. The standard InChI is InChI=1S/C22H20F3N3O5/c1-11-9-13(33-15-8-6-5-7-14(15)22(23,24)25)10-12(2)17(11)26-18(29)16-19(30)27(3)21(32)28(4)20(16)31/h5-10,16H,1-4H3,(H,26,29). The second kappa shape index (κ2) is 8.57. The van der Waals surface area contributed by atoms with Crippen molar-refractivity contribution in [1.29, 1.82) is 0 Å². The summed E-state index contributed by atoms with van der Waals surface area (Å²) in [6.45, 7) is 3.16. The number of hydrogen-bond acceptors (Lipinski definition) is 5. The van der Waals surface area contributed by atoms with Gasteiger partial charge in [-0.15, -0.1) is 0 Å². The van der Waals surface area contributed by atoms with Crippen molar-refractivity contribution in [2.24, 2.45) is 5.92 Å². The van der Waals surface area contributed by atoms with Gasteiger partial charge in [-0.25, -0.2) is 4.79 Å². The van der Waals surface area contributed by atoms with E-state index in [1.807, 2.05) is 0 Å². The number of amides is 5. The Labute approximate surface area is 186 Å². The van der Waals surface area contributed by atoms with Crippen LogP contribution < -0.4 is 10.1 Å². The molecule has 2 aromatic carbocycles. The summed E-state index contributed by atoms with van der Waals surface area (Å²) in [4.78, 5) is 50.7. The number of nitrogens with zero attached hydrogens (tertiary/aromatic N) is 2. The third kappa shape index (κ3) is 4.52. The smallest absolute Gasteiger partial charge is 0.419 e. The van der Waals surface area contributed by atoms with Crippen molar-refractivity contribution < 1.29 is 37.1 Å². The molecule has 2 aromatic rings. The Balaban J connectivity index is 1.86. The van der Waals surface area contributed by atoms with Crippen LogP contribution in [0.5, 0.6) is 11.5 Å². The number of imide groups is 2. The zero-order chi connectivity index (χ0) is 24.7. The fourth-order valence-corrected chi connectivity index (χ4v) is 3.42. The largest absolute Gasteiger partial charge is 0.457 e. The van der Waals surface area contributed by atoms with E-state index in [-0.39, 0.29) is 17.2 Å². The van der Waals surface area contributed by atoms with Crippen LogP contribution in [0.4, 0.5) is 23.7 Å². The van der Waals surface area contributed by atoms with Gasteiger partial charge in [0.25, 0.3) is 11.8 Å². The van der Waals surface area contributed by atoms with Gasteiger partial charge in [0.15, 0.2) is 5.92 Å². The number of carbonyl (C=O) groups is 4. The summed E-state index contributed by atoms with van der Waals surface area (Å²) in [7, 11) is 2.32. The molecule has 0 aliphatic carbocycles. The first-order valence-electron chi connectivity index (χ1n) is 9.68. The van der Waals surface area contributed by atoms with Gasteiger partial charge in [0.2, 0.25) is 5.91 Å². The molecule has 1 aliphatic heterocycles. The molecule has 0 atom stereocenters. The summed E-state index contributed by atoms with van der Waals surface area (Å²) < 4.78 is 45.1. The predicted molar refractivity (Wildman–Crippen MR) is 110 cm³/mol. The minimum absolute atomic E-state index is 0.106. The van der Waals surface area contributed by atoms with Crippen LogP contribution >= 0.6 is 0 Å². The van der Waals surface area contributed by atoms with Crippen LogP contribution in [0.2, 0.25) is 0 Å². The number of nitrogens with one attached hydrogen (secondary N) is 1. The lowest BCUT2D eigenvalue weighted by atomic mass is 10.0. The van der Waals surface area contributed by atoms with Crippen LogP contribution in [-0.2, 0) is 20.6 Å². The van der Waals surface area contributed by atoms with Crippen LogP contribution in [0.3, 0.4) is 0 Å². The lowest BCUT2D eigenvalue weighted by Gasteiger charge is -2.32. The Morgan fingerprint density at radius 2 is 1.48 bits per heavy atom. The quantitative estimate of drug-likeness (QED) is 0.698. The molecule has 1 heterocycles. The van der Waals surface area contributed by atoms with E-state index in [4.69, 9.17) is 4.74 Å². The molecule has 174 valence electrons. The lowest BCUT2D eigenvalue weighted by molar-refractivity contribution is -0.151. The zero-order valence-corrected chi connectivity index (χ0v) is 18.1. The Morgan fingerprint density at radius 3 is 2.00 bits per heavy atom. The molecule has 0 radical (unpaired) electrons. The van der Waals surface area contributed by atoms with E-state index in [0.29, 0.717) is 20.9 Å². The summed E-state index contributed by atoms with van der Waals surface area (Å²) in [5, 5.41) is 2.51. The highest BCUT2D eigenvalue weighted by molar-refractivity contribution is 6.28. The number of aryl methyl sites for hydroxylation is 2. The van der Waals surface area contributed by atoms with Gasteiger partial charge >= 0.3 is 12.2 Å². The number of alkyl halides is 3. The van der Waals surface area contributed by atoms with E-state index < -0.39 is 41.4 Å². The molecule has 1 fully saturated rings. The topological polar surface area (TPSA) is 96.0 Å². The Hall–Kier alpha value is -3.89. The number of ether oxygens (including phenoxy) is 1. The Kier molecular flexibility index (Phi) is 6.17. The maximum atomic E-state index is 13.2. The summed E-state index contributed by atoms with van der Waals surface area (Å²) in [5.74, 6) is -4.87. The number of rotatable bonds is 4. The van der Waals surface area contributed by atoms with Gasteiger partial charge in [-0.3, -0.25) is 24.2 Å². The van der Waals surface area contributed by atoms with Crippen molar-refractivity contribution in [2.45, 2.75) is 20.0 Å². The fourth-order valence-electron chi connectivity index (χ4n) is 3.42. The maximum Gasteiger partial charge on any atom is 0.419 e. The molecular formula is C22H20F3N3O5. The number of barbiturate groups is 1. The number of urea groups is 1. The number of benzene rings is 2. The fraction of sp³-hybridized carbons (Fsp3) is 0.273. The molecule has 11 heteroatoms. The van der Waals surface area contributed by atoms with Gasteiger partial charge < -0.3 is 10.1 Å². The molecular weight excluding hydrogens is 443 g/mol. The highest BCUT2D eigenvalue weighted by atomic mass is 19.4. The Bertz CT molecular complexity index is 1120. The number of para-hydroxylation sites is 1. The summed E-state index contributed by atoms with van der Waals surface area (Å²) in [6, 6.07) is 6.75. The van der Waals surface area contributed by atoms with Gasteiger partial charge in [-0.05, 0) is 49.2 Å². The molecule has 8 nitrogen and oxygen atoms in total. The molecule has 1 aliphatic rings. The Morgan fingerprint density at radius 1 is 0.970 bits per heavy atom. The number of hydrogen-bond donors (Lipinski definition) is 1. The molecule has 5 amide bonds. The minimum atomic E-state index is -4.60. The molecule has 3 rings (SSSR count). The second-order valence-corrected chi connectivity index (χ2v) is 7.53. The summed E-state index contributed by atoms with van der Waals surface area (Å²) in [5.41, 5.74) is 0.182. The van der Waals surface area contributed by atoms with E-state index in [0.717, 1.165) is 20.2 Å². The van der Waals surface area contributed by atoms with Crippen molar-refractivity contribution in [1.82, 2.24) is 9.80 Å². The van der Waals surface area contributed by atoms with Gasteiger partial charge in [0.05, 0.1) is 5.56 Å². The van der Waals surface area contributed by atoms with Gasteiger partial charge in [-0.2, -0.15) is 13.2 Å². The third-order valence-corrected chi connectivity index (χ3v) is 5.17. The maximum absolute atomic E-state index is 13.2. The van der Waals surface area contributed by atoms with Gasteiger partial charge in [0.1, 0.15) is 11.5 Å². The van der Waals surface area contributed by atoms with Crippen molar-refractivity contribution in [3.8, 4) is 11.5 Å². The van der Waals surface area contributed by atoms with E-state index in [1.54, 1.807) is 13.8 Å². The zero-order valence-electron chi connectivity index (χ0n) is 18.1. The summed E-state index contributed by atoms with van der Waals surface area (Å²) in [6.07, 6.45) is -4.60. The van der Waals surface area contributed by atoms with Crippen LogP contribution in [0, 0.1) is 19.8 Å².